The van der Waals surface area contributed by atoms with Gasteiger partial charge >= 0.3 is 0 Å². The Morgan fingerprint density at radius 1 is 1.00 bits per heavy atom. The van der Waals surface area contributed by atoms with Gasteiger partial charge in [-0.05, 0) is 56.3 Å². The van der Waals surface area contributed by atoms with Crippen LogP contribution in [0, 0.1) is 5.92 Å². The van der Waals surface area contributed by atoms with Crippen LogP contribution in [0.4, 0.5) is 0 Å². The van der Waals surface area contributed by atoms with Gasteiger partial charge in [-0.15, -0.1) is 0 Å². The van der Waals surface area contributed by atoms with Gasteiger partial charge in [0.25, 0.3) is 0 Å². The van der Waals surface area contributed by atoms with Gasteiger partial charge in [0.1, 0.15) is 0 Å². The van der Waals surface area contributed by atoms with Crippen LogP contribution in [-0.4, -0.2) is 48.3 Å². The first kappa shape index (κ1) is 20.6. The number of fused-ring (bicyclic) bond motifs is 2. The highest BCUT2D eigenvalue weighted by Gasteiger charge is 2.41. The Labute approximate surface area is 184 Å². The number of hydrogen-bond acceptors (Lipinski definition) is 4. The first-order chi connectivity index (χ1) is 15.1. The van der Waals surface area contributed by atoms with Crippen LogP contribution in [0.1, 0.15) is 37.8 Å². The predicted molar refractivity (Wildman–Crippen MR) is 123 cm³/mol. The van der Waals surface area contributed by atoms with E-state index in [0.29, 0.717) is 36.0 Å². The van der Waals surface area contributed by atoms with E-state index in [4.69, 9.17) is 0 Å². The molecule has 2 fully saturated rings. The fourth-order valence-electron chi connectivity index (χ4n) is 5.49. The summed E-state index contributed by atoms with van der Waals surface area (Å²) in [5.74, 6) is 0.375. The summed E-state index contributed by atoms with van der Waals surface area (Å²) in [7, 11) is -3.54. The highest BCUT2D eigenvalue weighted by Crippen LogP contribution is 2.38. The van der Waals surface area contributed by atoms with E-state index in [0.717, 1.165) is 36.6 Å². The standard InChI is InChI=1S/C25H29N3O2S/c1-19(20-7-3-2-4-8-20)28-15-6-10-22-18-27(16-13-24(22)28)31(29,30)25-11-5-9-21-17-26-14-12-23(21)25/h2-5,7-9,11-12,14,17,19,22,24H,6,10,13,15-16,18H2,1H3. The molecule has 3 heterocycles. The lowest BCUT2D eigenvalue weighted by atomic mass is 9.83. The third-order valence-corrected chi connectivity index (χ3v) is 9.04. The highest BCUT2D eigenvalue weighted by molar-refractivity contribution is 7.89. The van der Waals surface area contributed by atoms with Crippen molar-refractivity contribution in [3.05, 3.63) is 72.6 Å². The molecular weight excluding hydrogens is 406 g/mol. The van der Waals surface area contributed by atoms with E-state index in [1.54, 1.807) is 28.8 Å². The van der Waals surface area contributed by atoms with Crippen molar-refractivity contribution < 1.29 is 8.42 Å². The molecule has 3 aromatic rings. The topological polar surface area (TPSA) is 53.5 Å². The van der Waals surface area contributed by atoms with Gasteiger partial charge in [-0.2, -0.15) is 4.31 Å². The van der Waals surface area contributed by atoms with E-state index in [1.165, 1.54) is 5.56 Å². The summed E-state index contributed by atoms with van der Waals surface area (Å²) < 4.78 is 28.9. The minimum absolute atomic E-state index is 0.350. The van der Waals surface area contributed by atoms with Crippen LogP contribution in [0.15, 0.2) is 71.9 Å². The van der Waals surface area contributed by atoms with Crippen molar-refractivity contribution in [1.29, 1.82) is 0 Å². The van der Waals surface area contributed by atoms with Gasteiger partial charge in [-0.3, -0.25) is 9.88 Å². The number of hydrogen-bond donors (Lipinski definition) is 0. The maximum atomic E-state index is 13.6. The zero-order valence-corrected chi connectivity index (χ0v) is 18.7. The lowest BCUT2D eigenvalue weighted by Gasteiger charge is -2.49. The number of likely N-dealkylation sites (tertiary alicyclic amines) is 1. The molecule has 0 spiro atoms. The van der Waals surface area contributed by atoms with E-state index in [1.807, 2.05) is 12.1 Å². The molecule has 5 nitrogen and oxygen atoms in total. The number of aromatic nitrogens is 1. The zero-order chi connectivity index (χ0) is 21.4. The molecule has 1 aromatic heterocycles. The van der Waals surface area contributed by atoms with Crippen molar-refractivity contribution in [2.24, 2.45) is 5.92 Å². The Morgan fingerprint density at radius 2 is 1.84 bits per heavy atom. The van der Waals surface area contributed by atoms with E-state index >= 15 is 0 Å². The van der Waals surface area contributed by atoms with Crippen LogP contribution in [0.3, 0.4) is 0 Å². The number of sulfonamides is 1. The number of nitrogens with zero attached hydrogens (tertiary/aromatic N) is 3. The molecule has 0 bridgehead atoms. The van der Waals surface area contributed by atoms with Gasteiger partial charge in [0.05, 0.1) is 4.90 Å². The minimum Gasteiger partial charge on any atom is -0.293 e. The third-order valence-electron chi connectivity index (χ3n) is 7.11. The summed E-state index contributed by atoms with van der Waals surface area (Å²) in [6, 6.07) is 18.7. The summed E-state index contributed by atoms with van der Waals surface area (Å²) in [4.78, 5) is 7.15. The van der Waals surface area contributed by atoms with E-state index < -0.39 is 10.0 Å². The van der Waals surface area contributed by atoms with Crippen molar-refractivity contribution in [1.82, 2.24) is 14.2 Å². The van der Waals surface area contributed by atoms with Crippen LogP contribution in [-0.2, 0) is 10.0 Å². The number of piperidine rings is 2. The molecule has 5 rings (SSSR count). The minimum atomic E-state index is -3.54. The summed E-state index contributed by atoms with van der Waals surface area (Å²) >= 11 is 0. The first-order valence-corrected chi connectivity index (χ1v) is 12.6. The molecule has 0 N–H and O–H groups in total. The highest BCUT2D eigenvalue weighted by atomic mass is 32.2. The molecule has 0 aliphatic carbocycles. The average molecular weight is 436 g/mol. The molecule has 0 amide bonds. The molecule has 3 atom stereocenters. The fraction of sp³-hybridized carbons (Fsp3) is 0.400. The molecule has 31 heavy (non-hydrogen) atoms. The van der Waals surface area contributed by atoms with Gasteiger partial charge < -0.3 is 0 Å². The summed E-state index contributed by atoms with van der Waals surface area (Å²) in [6.07, 6.45) is 6.48. The van der Waals surface area contributed by atoms with Gasteiger partial charge in [-0.25, -0.2) is 8.42 Å². The second kappa shape index (κ2) is 8.34. The first-order valence-electron chi connectivity index (χ1n) is 11.2. The summed E-state index contributed by atoms with van der Waals surface area (Å²) in [5, 5.41) is 1.61. The Bertz CT molecular complexity index is 1160. The molecule has 2 aliphatic rings. The average Bonchev–Trinajstić information content (AvgIpc) is 2.83. The molecule has 3 unspecified atom stereocenters. The molecule has 0 radical (unpaired) electrons. The second-order valence-corrected chi connectivity index (χ2v) is 10.7. The van der Waals surface area contributed by atoms with Crippen LogP contribution in [0.25, 0.3) is 10.8 Å². The normalized spacial score (nSPS) is 24.0. The third kappa shape index (κ3) is 3.77. The lowest BCUT2D eigenvalue weighted by molar-refractivity contribution is 0.0202. The van der Waals surface area contributed by atoms with Crippen LogP contribution in [0.2, 0.25) is 0 Å². The van der Waals surface area contributed by atoms with Crippen LogP contribution >= 0.6 is 0 Å². The SMILES string of the molecule is CC(c1ccccc1)N1CCCC2CN(S(=O)(=O)c3cccc4cnccc34)CCC21. The van der Waals surface area contributed by atoms with Crippen LogP contribution in [0.5, 0.6) is 0 Å². The maximum absolute atomic E-state index is 13.6. The largest absolute Gasteiger partial charge is 0.293 e. The molecular formula is C25H29N3O2S. The van der Waals surface area contributed by atoms with Crippen molar-refractivity contribution in [3.8, 4) is 0 Å². The van der Waals surface area contributed by atoms with Crippen molar-refractivity contribution in [3.63, 3.8) is 0 Å². The zero-order valence-electron chi connectivity index (χ0n) is 17.9. The van der Waals surface area contributed by atoms with E-state index in [-0.39, 0.29) is 0 Å². The van der Waals surface area contributed by atoms with Crippen molar-refractivity contribution in [2.45, 2.75) is 43.2 Å². The molecule has 2 saturated heterocycles. The van der Waals surface area contributed by atoms with Gasteiger partial charge in [0.15, 0.2) is 0 Å². The summed E-state index contributed by atoms with van der Waals surface area (Å²) in [5.41, 5.74) is 1.34. The molecule has 2 aliphatic heterocycles. The van der Waals surface area contributed by atoms with Crippen LogP contribution < -0.4 is 0 Å². The Kier molecular flexibility index (Phi) is 5.54. The van der Waals surface area contributed by atoms with Crippen molar-refractivity contribution >= 4 is 20.8 Å². The lowest BCUT2D eigenvalue weighted by Crippen LogP contribution is -2.55. The van der Waals surface area contributed by atoms with Gasteiger partial charge in [-0.1, -0.05) is 42.5 Å². The summed E-state index contributed by atoms with van der Waals surface area (Å²) in [6.45, 7) is 4.54. The Morgan fingerprint density at radius 3 is 2.68 bits per heavy atom. The number of benzene rings is 2. The Balaban J connectivity index is 1.39. The smallest absolute Gasteiger partial charge is 0.243 e. The van der Waals surface area contributed by atoms with Gasteiger partial charge in [0.2, 0.25) is 10.0 Å². The number of pyridine rings is 1. The second-order valence-electron chi connectivity index (χ2n) is 8.80. The monoisotopic (exact) mass is 435 g/mol. The quantitative estimate of drug-likeness (QED) is 0.607. The maximum Gasteiger partial charge on any atom is 0.243 e. The van der Waals surface area contributed by atoms with Gasteiger partial charge in [0, 0.05) is 48.3 Å². The predicted octanol–water partition coefficient (Wildman–Crippen LogP) is 4.47. The molecule has 162 valence electrons. The Hall–Kier alpha value is -2.28. The van der Waals surface area contributed by atoms with Crippen molar-refractivity contribution in [2.75, 3.05) is 19.6 Å². The molecule has 2 aromatic carbocycles. The fourth-order valence-corrected chi connectivity index (χ4v) is 7.21. The van der Waals surface area contributed by atoms with E-state index in [9.17, 15) is 8.42 Å². The number of rotatable bonds is 4. The van der Waals surface area contributed by atoms with E-state index in [2.05, 4.69) is 47.1 Å². The molecule has 6 heteroatoms. The molecule has 0 saturated carbocycles.